The Labute approximate surface area is 105 Å². The molecule has 1 aromatic heterocycles. The summed E-state index contributed by atoms with van der Waals surface area (Å²) in [7, 11) is 1.67. The molecule has 0 saturated carbocycles. The number of hydrogen-bond acceptors (Lipinski definition) is 4. The van der Waals surface area contributed by atoms with Gasteiger partial charge in [-0.05, 0) is 13.8 Å². The molecule has 0 aliphatic carbocycles. The number of nitrogens with zero attached hydrogens (tertiary/aromatic N) is 1. The second kappa shape index (κ2) is 3.88. The van der Waals surface area contributed by atoms with Gasteiger partial charge in [0.1, 0.15) is 24.6 Å². The van der Waals surface area contributed by atoms with E-state index < -0.39 is 5.60 Å². The summed E-state index contributed by atoms with van der Waals surface area (Å²) in [6.45, 7) is 5.11. The second-order valence-electron chi connectivity index (χ2n) is 4.81. The Morgan fingerprint density at radius 2 is 1.89 bits per heavy atom. The third kappa shape index (κ3) is 1.71. The summed E-state index contributed by atoms with van der Waals surface area (Å²) in [5.41, 5.74) is 1.35. The fourth-order valence-electron chi connectivity index (χ4n) is 1.93. The van der Waals surface area contributed by atoms with Crippen LogP contribution in [-0.2, 0) is 10.3 Å². The molecule has 0 bridgehead atoms. The van der Waals surface area contributed by atoms with Crippen LogP contribution < -0.4 is 9.47 Å². The van der Waals surface area contributed by atoms with E-state index in [-0.39, 0.29) is 0 Å². The number of aromatic amines is 1. The van der Waals surface area contributed by atoms with Crippen molar-refractivity contribution in [2.75, 3.05) is 20.3 Å². The monoisotopic (exact) mass is 248 g/mol. The molecule has 0 unspecified atom stereocenters. The average Bonchev–Trinajstić information content (AvgIpc) is 2.79. The predicted molar refractivity (Wildman–Crippen MR) is 67.1 cm³/mol. The van der Waals surface area contributed by atoms with Gasteiger partial charge in [-0.25, -0.2) is 4.98 Å². The summed E-state index contributed by atoms with van der Waals surface area (Å²) in [5.74, 6) is 2.31. The molecule has 18 heavy (non-hydrogen) atoms. The summed E-state index contributed by atoms with van der Waals surface area (Å²) >= 11 is 0. The van der Waals surface area contributed by atoms with Crippen LogP contribution in [0.2, 0.25) is 0 Å². The molecule has 3 rings (SSSR count). The van der Waals surface area contributed by atoms with Gasteiger partial charge in [-0.2, -0.15) is 0 Å². The first-order valence-electron chi connectivity index (χ1n) is 5.95. The van der Waals surface area contributed by atoms with E-state index in [0.717, 1.165) is 28.4 Å². The standard InChI is InChI=1S/C13H16N2O3/c1-13(2,16-3)12-14-8-6-10-11(7-9(8)15-12)18-5-4-17-10/h6-7H,4-5H2,1-3H3,(H,14,15). The minimum atomic E-state index is -0.443. The van der Waals surface area contributed by atoms with E-state index in [1.807, 2.05) is 26.0 Å². The highest BCUT2D eigenvalue weighted by Gasteiger charge is 2.24. The fourth-order valence-corrected chi connectivity index (χ4v) is 1.93. The number of methoxy groups -OCH3 is 1. The molecule has 1 aliphatic heterocycles. The Morgan fingerprint density at radius 1 is 1.22 bits per heavy atom. The molecular weight excluding hydrogens is 232 g/mol. The van der Waals surface area contributed by atoms with E-state index >= 15 is 0 Å². The van der Waals surface area contributed by atoms with Crippen LogP contribution in [0.25, 0.3) is 11.0 Å². The van der Waals surface area contributed by atoms with Crippen LogP contribution in [0.15, 0.2) is 12.1 Å². The maximum absolute atomic E-state index is 5.55. The predicted octanol–water partition coefficient (Wildman–Crippen LogP) is 2.22. The van der Waals surface area contributed by atoms with Gasteiger partial charge in [0, 0.05) is 19.2 Å². The van der Waals surface area contributed by atoms with Crippen molar-refractivity contribution in [3.63, 3.8) is 0 Å². The summed E-state index contributed by atoms with van der Waals surface area (Å²) < 4.78 is 16.5. The number of fused-ring (bicyclic) bond motifs is 2. The van der Waals surface area contributed by atoms with Crippen molar-refractivity contribution in [1.29, 1.82) is 0 Å². The molecule has 0 fully saturated rings. The number of benzene rings is 1. The van der Waals surface area contributed by atoms with Crippen molar-refractivity contribution >= 4 is 11.0 Å². The first-order chi connectivity index (χ1) is 8.60. The molecule has 0 amide bonds. The van der Waals surface area contributed by atoms with Crippen molar-refractivity contribution in [2.24, 2.45) is 0 Å². The van der Waals surface area contributed by atoms with Crippen molar-refractivity contribution in [1.82, 2.24) is 9.97 Å². The molecule has 2 aromatic rings. The lowest BCUT2D eigenvalue weighted by atomic mass is 10.1. The molecule has 0 atom stereocenters. The van der Waals surface area contributed by atoms with Crippen LogP contribution in [0, 0.1) is 0 Å². The molecule has 1 aromatic carbocycles. The zero-order chi connectivity index (χ0) is 12.8. The van der Waals surface area contributed by atoms with Gasteiger partial charge >= 0.3 is 0 Å². The summed E-state index contributed by atoms with van der Waals surface area (Å²) in [5, 5.41) is 0. The minimum absolute atomic E-state index is 0.443. The highest BCUT2D eigenvalue weighted by atomic mass is 16.6. The molecular formula is C13H16N2O3. The van der Waals surface area contributed by atoms with Crippen LogP contribution in [0.1, 0.15) is 19.7 Å². The number of rotatable bonds is 2. The highest BCUT2D eigenvalue weighted by Crippen LogP contribution is 2.34. The third-order valence-electron chi connectivity index (χ3n) is 3.23. The maximum Gasteiger partial charge on any atom is 0.163 e. The van der Waals surface area contributed by atoms with E-state index in [0.29, 0.717) is 13.2 Å². The lowest BCUT2D eigenvalue weighted by Gasteiger charge is -2.19. The molecule has 0 radical (unpaired) electrons. The Balaban J connectivity index is 2.12. The van der Waals surface area contributed by atoms with Gasteiger partial charge < -0.3 is 19.2 Å². The SMILES string of the molecule is COC(C)(C)c1nc2cc3c(cc2[nH]1)OCCO3. The fraction of sp³-hybridized carbons (Fsp3) is 0.462. The third-order valence-corrected chi connectivity index (χ3v) is 3.23. The number of imidazole rings is 1. The summed E-state index contributed by atoms with van der Waals surface area (Å²) in [6, 6.07) is 3.82. The number of ether oxygens (including phenoxy) is 3. The van der Waals surface area contributed by atoms with Crippen LogP contribution in [0.3, 0.4) is 0 Å². The molecule has 1 N–H and O–H groups in total. The van der Waals surface area contributed by atoms with Gasteiger partial charge in [-0.15, -0.1) is 0 Å². The lowest BCUT2D eigenvalue weighted by molar-refractivity contribution is 0.0124. The zero-order valence-electron chi connectivity index (χ0n) is 10.7. The van der Waals surface area contributed by atoms with E-state index in [4.69, 9.17) is 14.2 Å². The number of hydrogen-bond donors (Lipinski definition) is 1. The molecule has 1 aliphatic rings. The number of aromatic nitrogens is 2. The quantitative estimate of drug-likeness (QED) is 0.885. The van der Waals surface area contributed by atoms with E-state index in [2.05, 4.69) is 9.97 Å². The first-order valence-corrected chi connectivity index (χ1v) is 5.95. The van der Waals surface area contributed by atoms with Crippen molar-refractivity contribution in [3.05, 3.63) is 18.0 Å². The minimum Gasteiger partial charge on any atom is -0.486 e. The molecule has 96 valence electrons. The first kappa shape index (κ1) is 11.3. The number of H-pyrrole nitrogens is 1. The molecule has 0 saturated heterocycles. The molecule has 5 heteroatoms. The van der Waals surface area contributed by atoms with Gasteiger partial charge in [-0.1, -0.05) is 0 Å². The van der Waals surface area contributed by atoms with E-state index in [9.17, 15) is 0 Å². The summed E-state index contributed by atoms with van der Waals surface area (Å²) in [4.78, 5) is 7.81. The van der Waals surface area contributed by atoms with Gasteiger partial charge in [0.05, 0.1) is 11.0 Å². The van der Waals surface area contributed by atoms with Crippen LogP contribution >= 0.6 is 0 Å². The van der Waals surface area contributed by atoms with E-state index in [1.54, 1.807) is 7.11 Å². The average molecular weight is 248 g/mol. The molecule has 5 nitrogen and oxygen atoms in total. The van der Waals surface area contributed by atoms with Crippen LogP contribution in [0.5, 0.6) is 11.5 Å². The smallest absolute Gasteiger partial charge is 0.163 e. The van der Waals surface area contributed by atoms with Crippen molar-refractivity contribution in [2.45, 2.75) is 19.4 Å². The van der Waals surface area contributed by atoms with Gasteiger partial charge in [-0.3, -0.25) is 0 Å². The second-order valence-corrected chi connectivity index (χ2v) is 4.81. The Hall–Kier alpha value is -1.75. The van der Waals surface area contributed by atoms with Crippen molar-refractivity contribution in [3.8, 4) is 11.5 Å². The topological polar surface area (TPSA) is 56.4 Å². The Kier molecular flexibility index (Phi) is 2.45. The molecule has 0 spiro atoms. The lowest BCUT2D eigenvalue weighted by Crippen LogP contribution is -2.21. The van der Waals surface area contributed by atoms with Gasteiger partial charge in [0.2, 0.25) is 0 Å². The maximum atomic E-state index is 5.55. The molecule has 2 heterocycles. The normalized spacial score (nSPS) is 15.1. The largest absolute Gasteiger partial charge is 0.486 e. The van der Waals surface area contributed by atoms with Gasteiger partial charge in [0.15, 0.2) is 11.5 Å². The highest BCUT2D eigenvalue weighted by molar-refractivity contribution is 5.80. The van der Waals surface area contributed by atoms with E-state index in [1.165, 1.54) is 0 Å². The van der Waals surface area contributed by atoms with Crippen molar-refractivity contribution < 1.29 is 14.2 Å². The number of nitrogens with one attached hydrogen (secondary N) is 1. The van der Waals surface area contributed by atoms with Crippen LogP contribution in [-0.4, -0.2) is 30.3 Å². The summed E-state index contributed by atoms with van der Waals surface area (Å²) in [6.07, 6.45) is 0. The Morgan fingerprint density at radius 3 is 2.56 bits per heavy atom. The van der Waals surface area contributed by atoms with Gasteiger partial charge in [0.25, 0.3) is 0 Å². The zero-order valence-corrected chi connectivity index (χ0v) is 10.7. The van der Waals surface area contributed by atoms with Crippen LogP contribution in [0.4, 0.5) is 0 Å². The Bertz CT molecular complexity index is 546.